The zero-order valence-electron chi connectivity index (χ0n) is 8.99. The topological polar surface area (TPSA) is 29.1 Å². The van der Waals surface area contributed by atoms with E-state index in [4.69, 9.17) is 0 Å². The van der Waals surface area contributed by atoms with Crippen LogP contribution in [0.3, 0.4) is 0 Å². The normalized spacial score (nSPS) is 23.6. The van der Waals surface area contributed by atoms with Crippen molar-refractivity contribution in [1.29, 1.82) is 0 Å². The SMILES string of the molecule is CSc1ccccc1NC(=O)[C@H]1C[C@H]1C. The van der Waals surface area contributed by atoms with Gasteiger partial charge in [-0.15, -0.1) is 11.8 Å². The van der Waals surface area contributed by atoms with Crippen LogP contribution in [0.15, 0.2) is 29.2 Å². The van der Waals surface area contributed by atoms with Gasteiger partial charge in [0.1, 0.15) is 0 Å². The van der Waals surface area contributed by atoms with Gasteiger partial charge in [-0.05, 0) is 30.7 Å². The van der Waals surface area contributed by atoms with Gasteiger partial charge in [0.15, 0.2) is 0 Å². The summed E-state index contributed by atoms with van der Waals surface area (Å²) in [6.07, 6.45) is 3.05. The number of amides is 1. The molecule has 0 aliphatic heterocycles. The monoisotopic (exact) mass is 221 g/mol. The van der Waals surface area contributed by atoms with Crippen molar-refractivity contribution < 1.29 is 4.79 Å². The van der Waals surface area contributed by atoms with Gasteiger partial charge in [-0.25, -0.2) is 0 Å². The number of thioether (sulfide) groups is 1. The van der Waals surface area contributed by atoms with Crippen molar-refractivity contribution in [1.82, 2.24) is 0 Å². The molecule has 0 radical (unpaired) electrons. The summed E-state index contributed by atoms with van der Waals surface area (Å²) in [4.78, 5) is 12.9. The smallest absolute Gasteiger partial charge is 0.227 e. The van der Waals surface area contributed by atoms with Crippen LogP contribution in [-0.2, 0) is 4.79 Å². The third-order valence-electron chi connectivity index (χ3n) is 2.81. The van der Waals surface area contributed by atoms with Crippen LogP contribution in [0.4, 0.5) is 5.69 Å². The molecule has 80 valence electrons. The van der Waals surface area contributed by atoms with E-state index in [9.17, 15) is 4.79 Å². The predicted octanol–water partition coefficient (Wildman–Crippen LogP) is 3.00. The molecule has 1 aromatic rings. The van der Waals surface area contributed by atoms with Crippen molar-refractivity contribution in [3.63, 3.8) is 0 Å². The minimum Gasteiger partial charge on any atom is -0.325 e. The molecule has 0 aromatic heterocycles. The van der Waals surface area contributed by atoms with Crippen LogP contribution in [-0.4, -0.2) is 12.2 Å². The van der Waals surface area contributed by atoms with Gasteiger partial charge in [-0.1, -0.05) is 19.1 Å². The molecule has 1 N–H and O–H groups in total. The molecule has 0 heterocycles. The van der Waals surface area contributed by atoms with Gasteiger partial charge in [-0.2, -0.15) is 0 Å². The summed E-state index contributed by atoms with van der Waals surface area (Å²) in [5.41, 5.74) is 0.939. The van der Waals surface area contributed by atoms with Crippen molar-refractivity contribution in [2.24, 2.45) is 11.8 Å². The van der Waals surface area contributed by atoms with E-state index in [1.54, 1.807) is 11.8 Å². The number of hydrogen-bond acceptors (Lipinski definition) is 2. The van der Waals surface area contributed by atoms with Gasteiger partial charge in [0.05, 0.1) is 5.69 Å². The number of rotatable bonds is 3. The first-order chi connectivity index (χ1) is 7.22. The predicted molar refractivity (Wildman–Crippen MR) is 64.1 cm³/mol. The standard InChI is InChI=1S/C12H15NOS/c1-8-7-9(8)12(14)13-10-5-3-4-6-11(10)15-2/h3-6,8-9H,7H2,1-2H3,(H,13,14)/t8-,9+/m1/s1. The number of benzene rings is 1. The maximum atomic E-state index is 11.7. The van der Waals surface area contributed by atoms with Crippen LogP contribution in [0, 0.1) is 11.8 Å². The molecule has 1 saturated carbocycles. The average molecular weight is 221 g/mol. The number of carbonyl (C=O) groups is 1. The Kier molecular flexibility index (Phi) is 3.00. The van der Waals surface area contributed by atoms with Crippen molar-refractivity contribution in [3.8, 4) is 0 Å². The Morgan fingerprint density at radius 1 is 1.47 bits per heavy atom. The largest absolute Gasteiger partial charge is 0.325 e. The van der Waals surface area contributed by atoms with E-state index in [2.05, 4.69) is 12.2 Å². The van der Waals surface area contributed by atoms with E-state index < -0.39 is 0 Å². The molecule has 0 unspecified atom stereocenters. The van der Waals surface area contributed by atoms with E-state index in [-0.39, 0.29) is 11.8 Å². The van der Waals surface area contributed by atoms with Gasteiger partial charge in [0, 0.05) is 10.8 Å². The highest BCUT2D eigenvalue weighted by Crippen LogP contribution is 2.39. The third kappa shape index (κ3) is 2.34. The maximum absolute atomic E-state index is 11.7. The highest BCUT2D eigenvalue weighted by Gasteiger charge is 2.39. The van der Waals surface area contributed by atoms with Crippen LogP contribution >= 0.6 is 11.8 Å². The van der Waals surface area contributed by atoms with Crippen LogP contribution in [0.25, 0.3) is 0 Å². The Hall–Kier alpha value is -0.960. The quantitative estimate of drug-likeness (QED) is 0.795. The van der Waals surface area contributed by atoms with E-state index in [1.165, 1.54) is 0 Å². The lowest BCUT2D eigenvalue weighted by Gasteiger charge is -2.08. The first-order valence-corrected chi connectivity index (χ1v) is 6.38. The molecule has 2 rings (SSSR count). The molecule has 1 fully saturated rings. The van der Waals surface area contributed by atoms with Gasteiger partial charge >= 0.3 is 0 Å². The highest BCUT2D eigenvalue weighted by atomic mass is 32.2. The number of para-hydroxylation sites is 1. The van der Waals surface area contributed by atoms with Crippen LogP contribution in [0.2, 0.25) is 0 Å². The van der Waals surface area contributed by atoms with Crippen molar-refractivity contribution in [2.45, 2.75) is 18.2 Å². The van der Waals surface area contributed by atoms with Gasteiger partial charge < -0.3 is 5.32 Å². The Labute approximate surface area is 94.4 Å². The summed E-state index contributed by atoms with van der Waals surface area (Å²) in [5, 5.41) is 2.99. The van der Waals surface area contributed by atoms with E-state index in [0.717, 1.165) is 17.0 Å². The molecule has 0 bridgehead atoms. The summed E-state index contributed by atoms with van der Waals surface area (Å²) in [5.74, 6) is 0.968. The molecule has 1 aliphatic carbocycles. The summed E-state index contributed by atoms with van der Waals surface area (Å²) in [7, 11) is 0. The van der Waals surface area contributed by atoms with Crippen molar-refractivity contribution in [2.75, 3.05) is 11.6 Å². The number of nitrogens with one attached hydrogen (secondary N) is 1. The lowest BCUT2D eigenvalue weighted by atomic mass is 10.3. The lowest BCUT2D eigenvalue weighted by molar-refractivity contribution is -0.117. The number of hydrogen-bond donors (Lipinski definition) is 1. The summed E-state index contributed by atoms with van der Waals surface area (Å²) < 4.78 is 0. The molecule has 2 nitrogen and oxygen atoms in total. The number of anilines is 1. The second-order valence-electron chi connectivity index (χ2n) is 4.01. The molecule has 1 aliphatic rings. The summed E-state index contributed by atoms with van der Waals surface area (Å²) in [6.45, 7) is 2.12. The first kappa shape index (κ1) is 10.6. The van der Waals surface area contributed by atoms with E-state index in [0.29, 0.717) is 5.92 Å². The first-order valence-electron chi connectivity index (χ1n) is 5.16. The molecule has 0 saturated heterocycles. The molecule has 1 aromatic carbocycles. The number of carbonyl (C=O) groups excluding carboxylic acids is 1. The lowest BCUT2D eigenvalue weighted by Crippen LogP contribution is -2.14. The van der Waals surface area contributed by atoms with E-state index >= 15 is 0 Å². The molecule has 2 atom stereocenters. The molecule has 15 heavy (non-hydrogen) atoms. The highest BCUT2D eigenvalue weighted by molar-refractivity contribution is 7.98. The fourth-order valence-electron chi connectivity index (χ4n) is 1.66. The van der Waals surface area contributed by atoms with Gasteiger partial charge in [-0.3, -0.25) is 4.79 Å². The minimum absolute atomic E-state index is 0.170. The van der Waals surface area contributed by atoms with Crippen LogP contribution in [0.5, 0.6) is 0 Å². The Bertz CT molecular complexity index is 378. The molecular formula is C12H15NOS. The van der Waals surface area contributed by atoms with Crippen molar-refractivity contribution >= 4 is 23.4 Å². The van der Waals surface area contributed by atoms with Crippen LogP contribution in [0.1, 0.15) is 13.3 Å². The molecule has 0 spiro atoms. The fraction of sp³-hybridized carbons (Fsp3) is 0.417. The fourth-order valence-corrected chi connectivity index (χ4v) is 2.21. The molecule has 3 heteroatoms. The zero-order valence-corrected chi connectivity index (χ0v) is 9.80. The molecule has 1 amide bonds. The molecular weight excluding hydrogens is 206 g/mol. The van der Waals surface area contributed by atoms with E-state index in [1.807, 2.05) is 30.5 Å². The Morgan fingerprint density at radius 3 is 2.73 bits per heavy atom. The third-order valence-corrected chi connectivity index (χ3v) is 3.61. The summed E-state index contributed by atoms with van der Waals surface area (Å²) >= 11 is 1.66. The van der Waals surface area contributed by atoms with Gasteiger partial charge in [0.2, 0.25) is 5.91 Å². The second kappa shape index (κ2) is 4.27. The second-order valence-corrected chi connectivity index (χ2v) is 4.86. The zero-order chi connectivity index (χ0) is 10.8. The van der Waals surface area contributed by atoms with Crippen molar-refractivity contribution in [3.05, 3.63) is 24.3 Å². The summed E-state index contributed by atoms with van der Waals surface area (Å²) in [6, 6.07) is 7.92. The Balaban J connectivity index is 2.06. The average Bonchev–Trinajstić information content (AvgIpc) is 2.96. The van der Waals surface area contributed by atoms with Crippen LogP contribution < -0.4 is 5.32 Å². The minimum atomic E-state index is 0.170. The Morgan fingerprint density at radius 2 is 2.13 bits per heavy atom. The van der Waals surface area contributed by atoms with Gasteiger partial charge in [0.25, 0.3) is 0 Å². The maximum Gasteiger partial charge on any atom is 0.227 e.